The molecule has 1 fully saturated rings. The second-order valence-electron chi connectivity index (χ2n) is 6.21. The molecule has 1 aliphatic carbocycles. The molecule has 3 unspecified atom stereocenters. The first kappa shape index (κ1) is 24.9. The smallest absolute Gasteiger partial charge is 0.138 e. The molecule has 2 nitrogen and oxygen atoms in total. The van der Waals surface area contributed by atoms with Crippen molar-refractivity contribution in [2.75, 3.05) is 0 Å². The van der Waals surface area contributed by atoms with Crippen LogP contribution < -0.4 is 0 Å². The maximum atomic E-state index is 12.0. The molecule has 3 atom stereocenters. The van der Waals surface area contributed by atoms with Gasteiger partial charge in [0.25, 0.3) is 0 Å². The van der Waals surface area contributed by atoms with Gasteiger partial charge in [0, 0.05) is 12.3 Å². The molecular weight excluding hydrogens is 284 g/mol. The van der Waals surface area contributed by atoms with Gasteiger partial charge in [-0.25, -0.2) is 0 Å². The molecule has 0 aromatic heterocycles. The minimum atomic E-state index is -0.356. The normalized spacial score (nSPS) is 22.9. The largest absolute Gasteiger partial charge is 0.392 e. The Morgan fingerprint density at radius 2 is 1.30 bits per heavy atom. The van der Waals surface area contributed by atoms with Gasteiger partial charge < -0.3 is 5.11 Å². The van der Waals surface area contributed by atoms with Crippen LogP contribution in [0.4, 0.5) is 0 Å². The van der Waals surface area contributed by atoms with Crippen molar-refractivity contribution in [1.82, 2.24) is 0 Å². The summed E-state index contributed by atoms with van der Waals surface area (Å²) in [6.07, 6.45) is 12.0. The monoisotopic (exact) mass is 328 g/mol. The standard InChI is InChI=1S/C17H32O2.2C2H6/c1-3-5-7-8-10-12-15-14(11-9-6-4-2)16(18)13-17(15)19;2*1-2/h14-16,18H,3-13H2,1-2H3;2*1-2H3. The minimum absolute atomic E-state index is 0.161. The van der Waals surface area contributed by atoms with Gasteiger partial charge in [0.1, 0.15) is 5.78 Å². The molecule has 0 aromatic carbocycles. The van der Waals surface area contributed by atoms with E-state index in [9.17, 15) is 9.90 Å². The van der Waals surface area contributed by atoms with Crippen molar-refractivity contribution in [3.8, 4) is 0 Å². The Morgan fingerprint density at radius 3 is 1.87 bits per heavy atom. The van der Waals surface area contributed by atoms with Crippen LogP contribution in [0.25, 0.3) is 0 Å². The number of aliphatic hydroxyl groups is 1. The average Bonchev–Trinajstić information content (AvgIpc) is 2.85. The molecule has 1 rings (SSSR count). The highest BCUT2D eigenvalue weighted by atomic mass is 16.3. The highest BCUT2D eigenvalue weighted by molar-refractivity contribution is 5.84. The van der Waals surface area contributed by atoms with E-state index in [1.165, 1.54) is 38.5 Å². The molecule has 0 aliphatic heterocycles. The summed E-state index contributed by atoms with van der Waals surface area (Å²) >= 11 is 0. The Hall–Kier alpha value is -0.370. The molecule has 1 N–H and O–H groups in total. The zero-order chi connectivity index (χ0) is 18.1. The number of carbonyl (C=O) groups is 1. The van der Waals surface area contributed by atoms with E-state index in [1.54, 1.807) is 0 Å². The third-order valence-corrected chi connectivity index (χ3v) is 4.59. The summed E-state index contributed by atoms with van der Waals surface area (Å²) in [6.45, 7) is 12.4. The third kappa shape index (κ3) is 10.9. The molecule has 0 amide bonds. The number of Topliss-reactive ketones (excluding diaryl/α,β-unsaturated/α-hetero) is 1. The van der Waals surface area contributed by atoms with Gasteiger partial charge in [0.15, 0.2) is 0 Å². The molecule has 1 aliphatic rings. The lowest BCUT2D eigenvalue weighted by molar-refractivity contribution is -0.121. The van der Waals surface area contributed by atoms with Gasteiger partial charge in [-0.3, -0.25) is 4.79 Å². The number of hydrogen-bond donors (Lipinski definition) is 1. The van der Waals surface area contributed by atoms with Crippen LogP contribution in [0.1, 0.15) is 112 Å². The first-order valence-corrected chi connectivity index (χ1v) is 10.4. The van der Waals surface area contributed by atoms with Gasteiger partial charge in [0.2, 0.25) is 0 Å². The lowest BCUT2D eigenvalue weighted by Crippen LogP contribution is -2.20. The third-order valence-electron chi connectivity index (χ3n) is 4.59. The molecule has 23 heavy (non-hydrogen) atoms. The van der Waals surface area contributed by atoms with E-state index in [1.807, 2.05) is 27.7 Å². The first-order chi connectivity index (χ1) is 11.2. The van der Waals surface area contributed by atoms with Crippen molar-refractivity contribution in [3.63, 3.8) is 0 Å². The first-order valence-electron chi connectivity index (χ1n) is 10.4. The Bertz CT molecular complexity index is 250. The number of unbranched alkanes of at least 4 members (excludes halogenated alkanes) is 6. The van der Waals surface area contributed by atoms with Crippen molar-refractivity contribution >= 4 is 5.78 Å². The Kier molecular flexibility index (Phi) is 19.4. The number of aliphatic hydroxyl groups excluding tert-OH is 1. The van der Waals surface area contributed by atoms with Crippen molar-refractivity contribution in [1.29, 1.82) is 0 Å². The Balaban J connectivity index is 0. The van der Waals surface area contributed by atoms with E-state index >= 15 is 0 Å². The summed E-state index contributed by atoms with van der Waals surface area (Å²) in [5.74, 6) is 0.739. The summed E-state index contributed by atoms with van der Waals surface area (Å²) in [7, 11) is 0. The summed E-state index contributed by atoms with van der Waals surface area (Å²) in [5.41, 5.74) is 0. The molecule has 1 saturated carbocycles. The number of ketones is 1. The van der Waals surface area contributed by atoms with Gasteiger partial charge in [-0.1, -0.05) is 92.9 Å². The number of rotatable bonds is 10. The van der Waals surface area contributed by atoms with E-state index in [-0.39, 0.29) is 17.9 Å². The van der Waals surface area contributed by atoms with Crippen LogP contribution in [0.2, 0.25) is 0 Å². The van der Waals surface area contributed by atoms with E-state index in [2.05, 4.69) is 13.8 Å². The molecule has 0 spiro atoms. The summed E-state index contributed by atoms with van der Waals surface area (Å²) < 4.78 is 0. The van der Waals surface area contributed by atoms with Crippen molar-refractivity contribution in [3.05, 3.63) is 0 Å². The predicted molar refractivity (Wildman–Crippen MR) is 103 cm³/mol. The Labute approximate surface area is 146 Å². The fourth-order valence-corrected chi connectivity index (χ4v) is 3.38. The minimum Gasteiger partial charge on any atom is -0.392 e. The zero-order valence-electron chi connectivity index (χ0n) is 16.9. The number of hydrogen-bond acceptors (Lipinski definition) is 2. The Morgan fingerprint density at radius 1 is 0.826 bits per heavy atom. The van der Waals surface area contributed by atoms with E-state index in [4.69, 9.17) is 0 Å². The zero-order valence-corrected chi connectivity index (χ0v) is 16.9. The SMILES string of the molecule is CC.CC.CCCCCCCC1C(=O)CC(O)C1CCCCC. The van der Waals surface area contributed by atoms with Crippen LogP contribution in [-0.4, -0.2) is 17.0 Å². The van der Waals surface area contributed by atoms with E-state index < -0.39 is 0 Å². The van der Waals surface area contributed by atoms with Crippen molar-refractivity contribution in [2.24, 2.45) is 11.8 Å². The van der Waals surface area contributed by atoms with Gasteiger partial charge in [0.05, 0.1) is 6.10 Å². The van der Waals surface area contributed by atoms with Crippen LogP contribution in [0.5, 0.6) is 0 Å². The fourth-order valence-electron chi connectivity index (χ4n) is 3.38. The van der Waals surface area contributed by atoms with Crippen LogP contribution in [0.3, 0.4) is 0 Å². The van der Waals surface area contributed by atoms with Crippen LogP contribution >= 0.6 is 0 Å². The highest BCUT2D eigenvalue weighted by Gasteiger charge is 2.40. The van der Waals surface area contributed by atoms with E-state index in [0.29, 0.717) is 12.2 Å². The molecule has 0 saturated heterocycles. The molecule has 0 bridgehead atoms. The van der Waals surface area contributed by atoms with Gasteiger partial charge >= 0.3 is 0 Å². The second-order valence-corrected chi connectivity index (χ2v) is 6.21. The molecule has 0 radical (unpaired) electrons. The summed E-state index contributed by atoms with van der Waals surface area (Å²) in [4.78, 5) is 12.0. The predicted octanol–water partition coefficient (Wildman–Crippen LogP) is 6.55. The molecule has 2 heteroatoms. The average molecular weight is 329 g/mol. The molecule has 140 valence electrons. The lowest BCUT2D eigenvalue weighted by Gasteiger charge is -2.20. The van der Waals surface area contributed by atoms with E-state index in [0.717, 1.165) is 25.7 Å². The topological polar surface area (TPSA) is 37.3 Å². The van der Waals surface area contributed by atoms with Gasteiger partial charge in [-0.2, -0.15) is 0 Å². The molecule has 0 aromatic rings. The van der Waals surface area contributed by atoms with Crippen molar-refractivity contribution in [2.45, 2.75) is 118 Å². The van der Waals surface area contributed by atoms with Crippen molar-refractivity contribution < 1.29 is 9.90 Å². The summed E-state index contributed by atoms with van der Waals surface area (Å²) in [6, 6.07) is 0. The molecule has 0 heterocycles. The lowest BCUT2D eigenvalue weighted by atomic mass is 9.85. The number of carbonyl (C=O) groups excluding carboxylic acids is 1. The van der Waals surface area contributed by atoms with Crippen LogP contribution in [0.15, 0.2) is 0 Å². The van der Waals surface area contributed by atoms with Gasteiger partial charge in [-0.05, 0) is 18.8 Å². The molecular formula is C21H44O2. The maximum Gasteiger partial charge on any atom is 0.138 e. The van der Waals surface area contributed by atoms with Crippen LogP contribution in [-0.2, 0) is 4.79 Å². The fraction of sp³-hybridized carbons (Fsp3) is 0.952. The maximum absolute atomic E-state index is 12.0. The van der Waals surface area contributed by atoms with Gasteiger partial charge in [-0.15, -0.1) is 0 Å². The highest BCUT2D eigenvalue weighted by Crippen LogP contribution is 2.36. The summed E-state index contributed by atoms with van der Waals surface area (Å²) in [5, 5.41) is 10.0. The quantitative estimate of drug-likeness (QED) is 0.462. The van der Waals surface area contributed by atoms with Crippen LogP contribution in [0, 0.1) is 11.8 Å². The second kappa shape index (κ2) is 18.0.